The fraction of sp³-hybridized carbons (Fsp3) is 0.273. The molecule has 0 aliphatic carbocycles. The minimum absolute atomic E-state index is 0.0107. The zero-order chi connectivity index (χ0) is 11.4. The topological polar surface area (TPSA) is 44.1 Å². The zero-order valence-electron chi connectivity index (χ0n) is 8.62. The molecule has 0 aromatic heterocycles. The van der Waals surface area contributed by atoms with Crippen molar-refractivity contribution >= 4 is 17.5 Å². The Morgan fingerprint density at radius 3 is 2.80 bits per heavy atom. The molecule has 3 nitrogen and oxygen atoms in total. The van der Waals surface area contributed by atoms with Gasteiger partial charge in [0.25, 0.3) is 0 Å². The minimum atomic E-state index is -0.0107. The molecule has 0 aliphatic heterocycles. The van der Waals surface area contributed by atoms with E-state index in [1.165, 1.54) is 6.92 Å². The number of nitrogens with zero attached hydrogens (tertiary/aromatic N) is 2. The number of benzene rings is 1. The third-order valence-corrected chi connectivity index (χ3v) is 2.44. The number of nitriles is 1. The van der Waals surface area contributed by atoms with E-state index >= 15 is 0 Å². The lowest BCUT2D eigenvalue weighted by atomic mass is 10.1. The van der Waals surface area contributed by atoms with Crippen LogP contribution >= 0.6 is 11.6 Å². The molecule has 1 aromatic carbocycles. The minimum Gasteiger partial charge on any atom is -0.342 e. The van der Waals surface area contributed by atoms with E-state index < -0.39 is 0 Å². The van der Waals surface area contributed by atoms with Gasteiger partial charge in [0.2, 0.25) is 5.91 Å². The highest BCUT2D eigenvalue weighted by molar-refractivity contribution is 6.31. The smallest absolute Gasteiger partial charge is 0.219 e. The molecule has 0 aliphatic rings. The summed E-state index contributed by atoms with van der Waals surface area (Å²) >= 11 is 5.79. The molecule has 0 bridgehead atoms. The Morgan fingerprint density at radius 1 is 1.60 bits per heavy atom. The van der Waals surface area contributed by atoms with Crippen LogP contribution in [0.3, 0.4) is 0 Å². The summed E-state index contributed by atoms with van der Waals surface area (Å²) in [5, 5.41) is 9.21. The van der Waals surface area contributed by atoms with Gasteiger partial charge in [0.1, 0.15) is 6.07 Å². The molecule has 0 spiro atoms. The van der Waals surface area contributed by atoms with Crippen molar-refractivity contribution in [3.05, 3.63) is 34.3 Å². The lowest BCUT2D eigenvalue weighted by Crippen LogP contribution is -2.22. The Balaban J connectivity index is 2.89. The lowest BCUT2D eigenvalue weighted by molar-refractivity contribution is -0.128. The number of rotatable bonds is 2. The number of hydrogen-bond acceptors (Lipinski definition) is 2. The van der Waals surface area contributed by atoms with Crippen LogP contribution < -0.4 is 0 Å². The van der Waals surface area contributed by atoms with Crippen LogP contribution in [0.15, 0.2) is 18.2 Å². The second-order valence-electron chi connectivity index (χ2n) is 3.30. The van der Waals surface area contributed by atoms with E-state index in [0.29, 0.717) is 17.1 Å². The third-order valence-electron chi connectivity index (χ3n) is 2.11. The highest BCUT2D eigenvalue weighted by atomic mass is 35.5. The van der Waals surface area contributed by atoms with Gasteiger partial charge in [-0.05, 0) is 17.7 Å². The first-order valence-electron chi connectivity index (χ1n) is 4.45. The molecule has 0 radical (unpaired) electrons. The van der Waals surface area contributed by atoms with Gasteiger partial charge in [-0.3, -0.25) is 4.79 Å². The van der Waals surface area contributed by atoms with Crippen molar-refractivity contribution in [1.29, 1.82) is 5.26 Å². The molecule has 0 heterocycles. The summed E-state index contributed by atoms with van der Waals surface area (Å²) in [5.74, 6) is -0.0107. The van der Waals surface area contributed by atoms with Gasteiger partial charge in [-0.25, -0.2) is 0 Å². The van der Waals surface area contributed by atoms with Gasteiger partial charge in [-0.1, -0.05) is 17.7 Å². The zero-order valence-corrected chi connectivity index (χ0v) is 9.38. The van der Waals surface area contributed by atoms with Crippen molar-refractivity contribution in [2.75, 3.05) is 7.05 Å². The summed E-state index contributed by atoms with van der Waals surface area (Å²) in [7, 11) is 1.71. The van der Waals surface area contributed by atoms with Crippen LogP contribution in [0.2, 0.25) is 5.02 Å². The van der Waals surface area contributed by atoms with Gasteiger partial charge < -0.3 is 4.90 Å². The van der Waals surface area contributed by atoms with Gasteiger partial charge in [0.05, 0.1) is 10.6 Å². The van der Waals surface area contributed by atoms with E-state index in [1.807, 2.05) is 12.1 Å². The first-order valence-corrected chi connectivity index (χ1v) is 4.82. The molecule has 0 atom stereocenters. The average Bonchev–Trinajstić information content (AvgIpc) is 2.20. The lowest BCUT2D eigenvalue weighted by Gasteiger charge is -2.14. The van der Waals surface area contributed by atoms with Crippen LogP contribution in [0.4, 0.5) is 0 Å². The monoisotopic (exact) mass is 222 g/mol. The maximum absolute atomic E-state index is 11.0. The summed E-state index contributed by atoms with van der Waals surface area (Å²) in [6.07, 6.45) is 0. The predicted octanol–water partition coefficient (Wildman–Crippen LogP) is 2.19. The van der Waals surface area contributed by atoms with Crippen LogP contribution in [0.5, 0.6) is 0 Å². The molecule has 15 heavy (non-hydrogen) atoms. The average molecular weight is 223 g/mol. The third kappa shape index (κ3) is 2.97. The SMILES string of the molecule is CC(=O)N(C)Cc1ccc(Cl)c(C#N)c1. The molecular formula is C11H11ClN2O. The first-order chi connectivity index (χ1) is 7.04. The summed E-state index contributed by atoms with van der Waals surface area (Å²) in [4.78, 5) is 12.6. The van der Waals surface area contributed by atoms with Gasteiger partial charge in [-0.2, -0.15) is 5.26 Å². The number of carbonyl (C=O) groups is 1. The van der Waals surface area contributed by atoms with Crippen LogP contribution in [-0.2, 0) is 11.3 Å². The summed E-state index contributed by atoms with van der Waals surface area (Å²) in [6, 6.07) is 7.18. The Hall–Kier alpha value is -1.53. The highest BCUT2D eigenvalue weighted by Crippen LogP contribution is 2.17. The second kappa shape index (κ2) is 4.81. The molecule has 0 N–H and O–H groups in total. The van der Waals surface area contributed by atoms with Gasteiger partial charge in [0, 0.05) is 20.5 Å². The Labute approximate surface area is 93.9 Å². The summed E-state index contributed by atoms with van der Waals surface area (Å²) in [5.41, 5.74) is 1.33. The van der Waals surface area contributed by atoms with Gasteiger partial charge in [0.15, 0.2) is 0 Å². The van der Waals surface area contributed by atoms with E-state index in [1.54, 1.807) is 24.1 Å². The van der Waals surface area contributed by atoms with Crippen LogP contribution in [0.25, 0.3) is 0 Å². The highest BCUT2D eigenvalue weighted by Gasteiger charge is 2.05. The molecule has 78 valence electrons. The Kier molecular flexibility index (Phi) is 3.70. The molecule has 0 saturated carbocycles. The molecule has 1 aromatic rings. The van der Waals surface area contributed by atoms with Crippen LogP contribution in [0, 0.1) is 11.3 Å². The summed E-state index contributed by atoms with van der Waals surface area (Å²) < 4.78 is 0. The van der Waals surface area contributed by atoms with Crippen molar-refractivity contribution in [1.82, 2.24) is 4.90 Å². The predicted molar refractivity (Wildman–Crippen MR) is 58.3 cm³/mol. The number of carbonyl (C=O) groups excluding carboxylic acids is 1. The molecule has 1 amide bonds. The van der Waals surface area contributed by atoms with Crippen LogP contribution in [0.1, 0.15) is 18.1 Å². The number of amides is 1. The normalized spacial score (nSPS) is 9.47. The molecule has 4 heteroatoms. The van der Waals surface area contributed by atoms with Crippen molar-refractivity contribution in [3.63, 3.8) is 0 Å². The van der Waals surface area contributed by atoms with Crippen molar-refractivity contribution in [3.8, 4) is 6.07 Å². The number of halogens is 1. The maximum Gasteiger partial charge on any atom is 0.219 e. The largest absolute Gasteiger partial charge is 0.342 e. The van der Waals surface area contributed by atoms with E-state index in [9.17, 15) is 4.79 Å². The molecular weight excluding hydrogens is 212 g/mol. The van der Waals surface area contributed by atoms with Crippen LogP contribution in [-0.4, -0.2) is 17.9 Å². The van der Waals surface area contributed by atoms with Crippen molar-refractivity contribution in [2.24, 2.45) is 0 Å². The molecule has 0 saturated heterocycles. The fourth-order valence-electron chi connectivity index (χ4n) is 1.14. The Bertz CT molecular complexity index is 423. The van der Waals surface area contributed by atoms with E-state index in [0.717, 1.165) is 5.56 Å². The quantitative estimate of drug-likeness (QED) is 0.770. The molecule has 1 rings (SSSR count). The van der Waals surface area contributed by atoms with E-state index in [4.69, 9.17) is 16.9 Å². The van der Waals surface area contributed by atoms with Crippen molar-refractivity contribution < 1.29 is 4.79 Å². The maximum atomic E-state index is 11.0. The fourth-order valence-corrected chi connectivity index (χ4v) is 1.30. The summed E-state index contributed by atoms with van der Waals surface area (Å²) in [6.45, 7) is 1.99. The second-order valence-corrected chi connectivity index (χ2v) is 3.71. The standard InChI is InChI=1S/C11H11ClN2O/c1-8(15)14(2)7-9-3-4-11(12)10(5-9)6-13/h3-5H,7H2,1-2H3. The van der Waals surface area contributed by atoms with Gasteiger partial charge in [-0.15, -0.1) is 0 Å². The van der Waals surface area contributed by atoms with E-state index in [-0.39, 0.29) is 5.91 Å². The molecule has 0 unspecified atom stereocenters. The van der Waals surface area contributed by atoms with Crippen molar-refractivity contribution in [2.45, 2.75) is 13.5 Å². The van der Waals surface area contributed by atoms with E-state index in [2.05, 4.69) is 0 Å². The molecule has 0 fully saturated rings. The van der Waals surface area contributed by atoms with Gasteiger partial charge >= 0.3 is 0 Å². The Morgan fingerprint density at radius 2 is 2.27 bits per heavy atom. The number of hydrogen-bond donors (Lipinski definition) is 0. The first kappa shape index (κ1) is 11.5.